The number of fused-ring (bicyclic) bond motifs is 1. The number of anilines is 2. The van der Waals surface area contributed by atoms with Crippen LogP contribution in [0.25, 0.3) is 10.9 Å². The molecule has 0 saturated heterocycles. The van der Waals surface area contributed by atoms with Crippen LogP contribution in [0.2, 0.25) is 0 Å². The zero-order chi connectivity index (χ0) is 21.7. The quantitative estimate of drug-likeness (QED) is 0.494. The van der Waals surface area contributed by atoms with Gasteiger partial charge in [-0.3, -0.25) is 9.78 Å². The molecule has 4 N–H and O–H groups in total. The summed E-state index contributed by atoms with van der Waals surface area (Å²) in [5.74, 6) is 0.571. The molecule has 0 bridgehead atoms. The monoisotopic (exact) mass is 409 g/mol. The first-order valence-electron chi connectivity index (χ1n) is 10.0. The van der Waals surface area contributed by atoms with Crippen LogP contribution in [-0.2, 0) is 13.0 Å². The minimum Gasteiger partial charge on any atom is -0.490 e. The summed E-state index contributed by atoms with van der Waals surface area (Å²) in [5, 5.41) is 13.7. The molecular formula is C23H27N3O4. The highest BCUT2D eigenvalue weighted by molar-refractivity contribution is 6.08. The molecule has 0 atom stereocenters. The van der Waals surface area contributed by atoms with E-state index in [2.05, 4.69) is 10.3 Å². The normalized spacial score (nSPS) is 10.8. The Hall–Kier alpha value is -3.32. The number of aliphatic hydroxyl groups is 1. The number of nitrogens with one attached hydrogen (secondary N) is 1. The molecule has 2 aromatic carbocycles. The van der Waals surface area contributed by atoms with Gasteiger partial charge in [-0.1, -0.05) is 19.1 Å². The number of hydrogen-bond acceptors (Lipinski definition) is 6. The third-order valence-electron chi connectivity index (χ3n) is 4.86. The number of nitrogens with two attached hydrogens (primary N) is 1. The summed E-state index contributed by atoms with van der Waals surface area (Å²) in [7, 11) is 0. The topological polar surface area (TPSA) is 107 Å². The first kappa shape index (κ1) is 21.4. The second-order valence-electron chi connectivity index (χ2n) is 6.67. The van der Waals surface area contributed by atoms with Crippen LogP contribution < -0.4 is 20.5 Å². The summed E-state index contributed by atoms with van der Waals surface area (Å²) >= 11 is 0. The number of aromatic nitrogens is 1. The van der Waals surface area contributed by atoms with Crippen molar-refractivity contribution in [3.63, 3.8) is 0 Å². The highest BCUT2D eigenvalue weighted by atomic mass is 16.5. The average molecular weight is 409 g/mol. The first-order chi connectivity index (χ1) is 14.5. The highest BCUT2D eigenvalue weighted by Gasteiger charge is 2.18. The van der Waals surface area contributed by atoms with Crippen LogP contribution in [0.4, 0.5) is 11.4 Å². The fraction of sp³-hybridized carbons (Fsp3) is 0.304. The molecule has 0 aliphatic heterocycles. The van der Waals surface area contributed by atoms with Gasteiger partial charge in [0, 0.05) is 23.3 Å². The summed E-state index contributed by atoms with van der Waals surface area (Å²) < 4.78 is 11.5. The number of primary amides is 1. The Kier molecular flexibility index (Phi) is 6.74. The number of amides is 1. The standard InChI is InChI=1S/C23H27N3O4/c1-4-15-14(13-27)8-7-9-18(15)26-22-16-10-20(29-5-2)21(30-6-3)11-19(16)25-12-17(22)23(24)28/h7-12,27H,4-6,13H2,1-3H3,(H2,24,28)(H,25,26). The SMILES string of the molecule is CCOc1cc2ncc(C(N)=O)c(Nc3cccc(CO)c3CC)c2cc1OCC. The summed E-state index contributed by atoms with van der Waals surface area (Å²) in [6.45, 7) is 6.70. The van der Waals surface area contributed by atoms with Gasteiger partial charge in [0.15, 0.2) is 11.5 Å². The number of pyridine rings is 1. The van der Waals surface area contributed by atoms with Crippen molar-refractivity contribution in [2.24, 2.45) is 5.73 Å². The van der Waals surface area contributed by atoms with Crippen LogP contribution >= 0.6 is 0 Å². The lowest BCUT2D eigenvalue weighted by Crippen LogP contribution is -2.15. The lowest BCUT2D eigenvalue weighted by Gasteiger charge is -2.19. The predicted octanol–water partition coefficient (Wildman–Crippen LogP) is 3.93. The van der Waals surface area contributed by atoms with Crippen molar-refractivity contribution in [2.45, 2.75) is 33.8 Å². The molecule has 0 fully saturated rings. The van der Waals surface area contributed by atoms with E-state index in [0.29, 0.717) is 47.7 Å². The zero-order valence-electron chi connectivity index (χ0n) is 17.5. The maximum absolute atomic E-state index is 12.2. The van der Waals surface area contributed by atoms with E-state index in [1.807, 2.05) is 45.0 Å². The van der Waals surface area contributed by atoms with Crippen LogP contribution in [0.3, 0.4) is 0 Å². The molecule has 7 nitrogen and oxygen atoms in total. The molecule has 0 aliphatic rings. The molecule has 3 aromatic rings. The van der Waals surface area contributed by atoms with E-state index in [1.54, 1.807) is 6.07 Å². The minimum absolute atomic E-state index is 0.0648. The number of aliphatic hydroxyl groups excluding tert-OH is 1. The average Bonchev–Trinajstić information content (AvgIpc) is 2.74. The molecule has 158 valence electrons. The van der Waals surface area contributed by atoms with E-state index in [9.17, 15) is 9.90 Å². The molecule has 0 aliphatic carbocycles. The number of carbonyl (C=O) groups excluding carboxylic acids is 1. The molecule has 0 radical (unpaired) electrons. The lowest BCUT2D eigenvalue weighted by atomic mass is 10.0. The molecule has 0 spiro atoms. The Morgan fingerprint density at radius 3 is 2.43 bits per heavy atom. The molecule has 30 heavy (non-hydrogen) atoms. The number of nitrogens with zero attached hydrogens (tertiary/aromatic N) is 1. The van der Waals surface area contributed by atoms with E-state index >= 15 is 0 Å². The summed E-state index contributed by atoms with van der Waals surface area (Å²) in [5.41, 5.74) is 9.70. The van der Waals surface area contributed by atoms with Crippen molar-refractivity contribution >= 4 is 28.2 Å². The summed E-state index contributed by atoms with van der Waals surface area (Å²) in [4.78, 5) is 16.6. The largest absolute Gasteiger partial charge is 0.490 e. The molecule has 1 heterocycles. The number of benzene rings is 2. The Labute approximate surface area is 175 Å². The Balaban J connectivity index is 2.24. The van der Waals surface area contributed by atoms with Crippen molar-refractivity contribution in [3.05, 3.63) is 53.2 Å². The van der Waals surface area contributed by atoms with E-state index in [-0.39, 0.29) is 12.2 Å². The molecule has 1 amide bonds. The van der Waals surface area contributed by atoms with E-state index in [4.69, 9.17) is 15.2 Å². The van der Waals surface area contributed by atoms with Crippen molar-refractivity contribution in [2.75, 3.05) is 18.5 Å². The fourth-order valence-corrected chi connectivity index (χ4v) is 3.51. The summed E-state index contributed by atoms with van der Waals surface area (Å²) in [6.07, 6.45) is 2.18. The van der Waals surface area contributed by atoms with Crippen LogP contribution in [0.15, 0.2) is 36.5 Å². The van der Waals surface area contributed by atoms with Gasteiger partial charge in [-0.2, -0.15) is 0 Å². The summed E-state index contributed by atoms with van der Waals surface area (Å²) in [6, 6.07) is 9.26. The van der Waals surface area contributed by atoms with Gasteiger partial charge >= 0.3 is 0 Å². The van der Waals surface area contributed by atoms with E-state index in [0.717, 1.165) is 16.8 Å². The van der Waals surface area contributed by atoms with Gasteiger partial charge in [-0.15, -0.1) is 0 Å². The molecule has 0 unspecified atom stereocenters. The number of carbonyl (C=O) groups is 1. The first-order valence-corrected chi connectivity index (χ1v) is 10.0. The third-order valence-corrected chi connectivity index (χ3v) is 4.86. The Morgan fingerprint density at radius 1 is 1.13 bits per heavy atom. The second-order valence-corrected chi connectivity index (χ2v) is 6.67. The molecule has 7 heteroatoms. The van der Waals surface area contributed by atoms with Gasteiger partial charge in [0.2, 0.25) is 0 Å². The smallest absolute Gasteiger partial charge is 0.252 e. The fourth-order valence-electron chi connectivity index (χ4n) is 3.51. The molecule has 3 rings (SSSR count). The second kappa shape index (κ2) is 9.45. The van der Waals surface area contributed by atoms with Crippen molar-refractivity contribution < 1.29 is 19.4 Å². The minimum atomic E-state index is -0.588. The Morgan fingerprint density at radius 2 is 1.83 bits per heavy atom. The molecule has 1 aromatic heterocycles. The van der Waals surface area contributed by atoms with E-state index in [1.165, 1.54) is 6.20 Å². The number of ether oxygens (including phenoxy) is 2. The van der Waals surface area contributed by atoms with Gasteiger partial charge in [-0.05, 0) is 43.5 Å². The molecular weight excluding hydrogens is 382 g/mol. The van der Waals surface area contributed by atoms with Gasteiger partial charge < -0.3 is 25.6 Å². The lowest BCUT2D eigenvalue weighted by molar-refractivity contribution is 0.100. The third kappa shape index (κ3) is 4.16. The van der Waals surface area contributed by atoms with Crippen molar-refractivity contribution in [1.29, 1.82) is 0 Å². The van der Waals surface area contributed by atoms with E-state index < -0.39 is 5.91 Å². The van der Waals surface area contributed by atoms with Gasteiger partial charge in [-0.25, -0.2) is 0 Å². The highest BCUT2D eigenvalue weighted by Crippen LogP contribution is 2.38. The predicted molar refractivity (Wildman–Crippen MR) is 118 cm³/mol. The van der Waals surface area contributed by atoms with Gasteiger partial charge in [0.05, 0.1) is 36.6 Å². The number of hydrogen-bond donors (Lipinski definition) is 3. The van der Waals surface area contributed by atoms with Crippen LogP contribution in [-0.4, -0.2) is 29.2 Å². The van der Waals surface area contributed by atoms with Crippen molar-refractivity contribution in [3.8, 4) is 11.5 Å². The molecule has 0 saturated carbocycles. The maximum atomic E-state index is 12.2. The Bertz CT molecular complexity index is 1070. The van der Waals surface area contributed by atoms with Gasteiger partial charge in [0.1, 0.15) is 0 Å². The zero-order valence-corrected chi connectivity index (χ0v) is 17.5. The number of rotatable bonds is 9. The van der Waals surface area contributed by atoms with Crippen LogP contribution in [0, 0.1) is 0 Å². The maximum Gasteiger partial charge on any atom is 0.252 e. The van der Waals surface area contributed by atoms with Gasteiger partial charge in [0.25, 0.3) is 5.91 Å². The van der Waals surface area contributed by atoms with Crippen LogP contribution in [0.5, 0.6) is 11.5 Å². The van der Waals surface area contributed by atoms with Crippen molar-refractivity contribution in [1.82, 2.24) is 4.98 Å². The van der Waals surface area contributed by atoms with Crippen LogP contribution in [0.1, 0.15) is 42.3 Å².